The molecule has 174 valence electrons. The Morgan fingerprint density at radius 2 is 1.88 bits per heavy atom. The maximum atomic E-state index is 13.5. The molecular formula is C23H24F3N5O2. The van der Waals surface area contributed by atoms with Gasteiger partial charge in [0.05, 0.1) is 5.56 Å². The number of pyridine rings is 1. The summed E-state index contributed by atoms with van der Waals surface area (Å²) in [6, 6.07) is 8.73. The van der Waals surface area contributed by atoms with Crippen molar-refractivity contribution < 1.29 is 22.8 Å². The van der Waals surface area contributed by atoms with E-state index in [1.54, 1.807) is 32.0 Å². The van der Waals surface area contributed by atoms with Crippen LogP contribution in [0.3, 0.4) is 0 Å². The van der Waals surface area contributed by atoms with E-state index in [1.165, 1.54) is 24.4 Å². The van der Waals surface area contributed by atoms with Crippen molar-refractivity contribution in [1.29, 1.82) is 0 Å². The molecule has 0 aliphatic carbocycles. The fraction of sp³-hybridized carbons (Fsp3) is 0.261. The predicted molar refractivity (Wildman–Crippen MR) is 117 cm³/mol. The molecule has 0 bridgehead atoms. The molecule has 0 aliphatic heterocycles. The highest BCUT2D eigenvalue weighted by molar-refractivity contribution is 5.97. The zero-order chi connectivity index (χ0) is 24.2. The van der Waals surface area contributed by atoms with E-state index >= 15 is 0 Å². The number of halogens is 3. The normalized spacial score (nSPS) is 12.3. The largest absolute Gasteiger partial charge is 0.416 e. The molecule has 2 heterocycles. The van der Waals surface area contributed by atoms with Crippen LogP contribution < -0.4 is 16.4 Å². The van der Waals surface area contributed by atoms with Crippen LogP contribution >= 0.6 is 0 Å². The van der Waals surface area contributed by atoms with Gasteiger partial charge in [0.2, 0.25) is 5.91 Å². The van der Waals surface area contributed by atoms with Crippen molar-refractivity contribution in [3.05, 3.63) is 82.3 Å². The van der Waals surface area contributed by atoms with Crippen molar-refractivity contribution in [2.24, 2.45) is 0 Å². The third-order valence-electron chi connectivity index (χ3n) is 5.06. The monoisotopic (exact) mass is 459 g/mol. The van der Waals surface area contributed by atoms with E-state index in [0.29, 0.717) is 16.9 Å². The number of hydrogen-bond donors (Lipinski definition) is 4. The van der Waals surface area contributed by atoms with Crippen LogP contribution in [0.2, 0.25) is 0 Å². The Balaban J connectivity index is 1.84. The summed E-state index contributed by atoms with van der Waals surface area (Å²) in [6.07, 6.45) is -3.45. The number of nitrogen functional groups attached to an aromatic ring is 1. The predicted octanol–water partition coefficient (Wildman–Crippen LogP) is 3.29. The van der Waals surface area contributed by atoms with Crippen molar-refractivity contribution in [3.63, 3.8) is 0 Å². The standard InChI is InChI=1S/C23H24F3N5O2/c1-13-9-14(2)30-20(13)22(33)31-18(10-16-5-3-4-6-17(16)23(24,25)26)21(32)29-12-15-7-8-19(27)28-11-15/h3-9,11,18,30H,10,12H2,1-2H3,(H2,27,28)(H,29,32)(H,31,33)/t18-/m0/s1. The van der Waals surface area contributed by atoms with E-state index in [4.69, 9.17) is 5.73 Å². The number of aromatic amines is 1. The number of benzene rings is 1. The first-order chi connectivity index (χ1) is 15.5. The smallest absolute Gasteiger partial charge is 0.384 e. The third-order valence-corrected chi connectivity index (χ3v) is 5.06. The maximum absolute atomic E-state index is 13.5. The summed E-state index contributed by atoms with van der Waals surface area (Å²) in [7, 11) is 0. The van der Waals surface area contributed by atoms with Crippen LogP contribution in [0.4, 0.5) is 19.0 Å². The van der Waals surface area contributed by atoms with Gasteiger partial charge in [-0.25, -0.2) is 4.98 Å². The number of aryl methyl sites for hydroxylation is 2. The molecule has 7 nitrogen and oxygen atoms in total. The number of amides is 2. The molecule has 3 rings (SSSR count). The van der Waals surface area contributed by atoms with Crippen molar-refractivity contribution in [1.82, 2.24) is 20.6 Å². The molecule has 1 atom stereocenters. The molecule has 0 saturated carbocycles. The highest BCUT2D eigenvalue weighted by Crippen LogP contribution is 2.32. The minimum Gasteiger partial charge on any atom is -0.384 e. The van der Waals surface area contributed by atoms with Gasteiger partial charge in [-0.3, -0.25) is 9.59 Å². The highest BCUT2D eigenvalue weighted by atomic mass is 19.4. The number of carbonyl (C=O) groups excluding carboxylic acids is 2. The second-order valence-electron chi connectivity index (χ2n) is 7.70. The molecule has 1 aromatic carbocycles. The van der Waals surface area contributed by atoms with Crippen molar-refractivity contribution in [3.8, 4) is 0 Å². The molecule has 0 spiro atoms. The fourth-order valence-corrected chi connectivity index (χ4v) is 3.45. The van der Waals surface area contributed by atoms with Crippen LogP contribution in [-0.2, 0) is 23.9 Å². The van der Waals surface area contributed by atoms with Gasteiger partial charge in [-0.15, -0.1) is 0 Å². The molecule has 2 aromatic heterocycles. The summed E-state index contributed by atoms with van der Waals surface area (Å²) >= 11 is 0. The van der Waals surface area contributed by atoms with Gasteiger partial charge in [0.15, 0.2) is 0 Å². The summed E-state index contributed by atoms with van der Waals surface area (Å²) in [5.41, 5.74) is 6.90. The third kappa shape index (κ3) is 6.12. The molecular weight excluding hydrogens is 435 g/mol. The minimum atomic E-state index is -4.59. The first-order valence-electron chi connectivity index (χ1n) is 10.1. The van der Waals surface area contributed by atoms with Gasteiger partial charge in [-0.05, 0) is 48.7 Å². The number of anilines is 1. The Bertz CT molecular complexity index is 1140. The first kappa shape index (κ1) is 23.8. The van der Waals surface area contributed by atoms with E-state index in [1.807, 2.05) is 0 Å². The Morgan fingerprint density at radius 1 is 1.15 bits per heavy atom. The molecule has 5 N–H and O–H groups in total. The van der Waals surface area contributed by atoms with Crippen molar-refractivity contribution >= 4 is 17.6 Å². The number of alkyl halides is 3. The number of aromatic nitrogens is 2. The lowest BCUT2D eigenvalue weighted by atomic mass is 9.99. The lowest BCUT2D eigenvalue weighted by Crippen LogP contribution is -2.48. The average molecular weight is 459 g/mol. The van der Waals surface area contributed by atoms with Crippen molar-refractivity contribution in [2.75, 3.05) is 5.73 Å². The molecule has 10 heteroatoms. The second-order valence-corrected chi connectivity index (χ2v) is 7.70. The van der Waals surface area contributed by atoms with Crippen LogP contribution in [-0.4, -0.2) is 27.8 Å². The molecule has 0 unspecified atom stereocenters. The molecule has 0 saturated heterocycles. The summed E-state index contributed by atoms with van der Waals surface area (Å²) < 4.78 is 40.4. The van der Waals surface area contributed by atoms with E-state index < -0.39 is 29.6 Å². The molecule has 3 aromatic rings. The van der Waals surface area contributed by atoms with Gasteiger partial charge in [-0.1, -0.05) is 24.3 Å². The number of nitrogens with two attached hydrogens (primary N) is 1. The average Bonchev–Trinajstić information content (AvgIpc) is 3.10. The number of nitrogens with zero attached hydrogens (tertiary/aromatic N) is 1. The number of nitrogens with one attached hydrogen (secondary N) is 3. The van der Waals surface area contributed by atoms with Crippen molar-refractivity contribution in [2.45, 2.75) is 39.0 Å². The minimum absolute atomic E-state index is 0.0695. The molecule has 0 aliphatic rings. The van der Waals surface area contributed by atoms with E-state index in [-0.39, 0.29) is 24.2 Å². The number of carbonyl (C=O) groups is 2. The summed E-state index contributed by atoms with van der Waals surface area (Å²) in [5, 5.41) is 5.22. The molecule has 33 heavy (non-hydrogen) atoms. The Morgan fingerprint density at radius 3 is 2.48 bits per heavy atom. The second kappa shape index (κ2) is 9.76. The van der Waals surface area contributed by atoms with Gasteiger partial charge in [-0.2, -0.15) is 13.2 Å². The topological polar surface area (TPSA) is 113 Å². The fourth-order valence-electron chi connectivity index (χ4n) is 3.45. The lowest BCUT2D eigenvalue weighted by molar-refractivity contribution is -0.138. The van der Waals surface area contributed by atoms with Gasteiger partial charge >= 0.3 is 6.18 Å². The first-order valence-corrected chi connectivity index (χ1v) is 10.1. The van der Waals surface area contributed by atoms with Crippen LogP contribution in [0, 0.1) is 13.8 Å². The maximum Gasteiger partial charge on any atom is 0.416 e. The quantitative estimate of drug-likeness (QED) is 0.434. The Hall–Kier alpha value is -3.82. The van der Waals surface area contributed by atoms with Crippen LogP contribution in [0.25, 0.3) is 0 Å². The van der Waals surface area contributed by atoms with Crippen LogP contribution in [0.1, 0.15) is 38.4 Å². The highest BCUT2D eigenvalue weighted by Gasteiger charge is 2.34. The van der Waals surface area contributed by atoms with E-state index in [9.17, 15) is 22.8 Å². The molecule has 0 fully saturated rings. The zero-order valence-electron chi connectivity index (χ0n) is 18.1. The number of rotatable bonds is 7. The Labute approximate surface area is 188 Å². The lowest BCUT2D eigenvalue weighted by Gasteiger charge is -2.21. The van der Waals surface area contributed by atoms with Gasteiger partial charge in [0.1, 0.15) is 17.6 Å². The summed E-state index contributed by atoms with van der Waals surface area (Å²) in [6.45, 7) is 3.56. The summed E-state index contributed by atoms with van der Waals surface area (Å²) in [4.78, 5) is 32.6. The van der Waals surface area contributed by atoms with Gasteiger partial charge in [0, 0.05) is 24.9 Å². The summed E-state index contributed by atoms with van der Waals surface area (Å²) in [5.74, 6) is -0.895. The van der Waals surface area contributed by atoms with Gasteiger partial charge in [0.25, 0.3) is 5.91 Å². The van der Waals surface area contributed by atoms with E-state index in [0.717, 1.165) is 11.8 Å². The van der Waals surface area contributed by atoms with E-state index in [2.05, 4.69) is 20.6 Å². The van der Waals surface area contributed by atoms with Gasteiger partial charge < -0.3 is 21.4 Å². The molecule has 2 amide bonds. The SMILES string of the molecule is Cc1cc(C)c(C(=O)N[C@@H](Cc2ccccc2C(F)(F)F)C(=O)NCc2ccc(N)nc2)[nH]1. The number of H-pyrrole nitrogens is 1. The zero-order valence-corrected chi connectivity index (χ0v) is 18.1. The number of hydrogen-bond acceptors (Lipinski definition) is 4. The molecule has 0 radical (unpaired) electrons. The van der Waals surface area contributed by atoms with Crippen LogP contribution in [0.5, 0.6) is 0 Å². The van der Waals surface area contributed by atoms with Crippen LogP contribution in [0.15, 0.2) is 48.7 Å². The Kier molecular flexibility index (Phi) is 7.05.